The van der Waals surface area contributed by atoms with Crippen molar-refractivity contribution < 1.29 is 4.79 Å². The Labute approximate surface area is 86.5 Å². The molecule has 80 valence electrons. The first-order valence-electron chi connectivity index (χ1n) is 6.06. The molecule has 2 aliphatic rings. The summed E-state index contributed by atoms with van der Waals surface area (Å²) in [6, 6.07) is 1.18. The Hall–Kier alpha value is -0.370. The van der Waals surface area contributed by atoms with Crippen molar-refractivity contribution in [1.29, 1.82) is 0 Å². The van der Waals surface area contributed by atoms with Gasteiger partial charge in [0, 0.05) is 23.9 Å². The fourth-order valence-corrected chi connectivity index (χ4v) is 3.13. The van der Waals surface area contributed by atoms with E-state index < -0.39 is 0 Å². The third kappa shape index (κ3) is 1.60. The van der Waals surface area contributed by atoms with Gasteiger partial charge in [0.1, 0.15) is 5.78 Å². The van der Waals surface area contributed by atoms with Crippen LogP contribution in [0.15, 0.2) is 0 Å². The SMILES string of the molecule is CCC(CC)C(=O)C1CC2CCC1N2. The van der Waals surface area contributed by atoms with Crippen LogP contribution < -0.4 is 5.32 Å². The fraction of sp³-hybridized carbons (Fsp3) is 0.917. The summed E-state index contributed by atoms with van der Waals surface area (Å²) in [5, 5.41) is 3.54. The summed E-state index contributed by atoms with van der Waals surface area (Å²) in [6.07, 6.45) is 5.66. The molecule has 0 aromatic rings. The molecule has 14 heavy (non-hydrogen) atoms. The van der Waals surface area contributed by atoms with Crippen LogP contribution in [0.25, 0.3) is 0 Å². The van der Waals surface area contributed by atoms with Gasteiger partial charge >= 0.3 is 0 Å². The maximum atomic E-state index is 12.2. The van der Waals surface area contributed by atoms with Crippen LogP contribution in [-0.2, 0) is 4.79 Å². The van der Waals surface area contributed by atoms with E-state index in [-0.39, 0.29) is 0 Å². The van der Waals surface area contributed by atoms with Crippen LogP contribution in [0.3, 0.4) is 0 Å². The van der Waals surface area contributed by atoms with E-state index in [1.165, 1.54) is 12.8 Å². The second-order valence-corrected chi connectivity index (χ2v) is 4.81. The largest absolute Gasteiger partial charge is 0.310 e. The molecule has 2 bridgehead atoms. The topological polar surface area (TPSA) is 29.1 Å². The van der Waals surface area contributed by atoms with E-state index in [9.17, 15) is 4.79 Å². The Balaban J connectivity index is 1.98. The number of rotatable bonds is 4. The van der Waals surface area contributed by atoms with Gasteiger partial charge in [-0.1, -0.05) is 13.8 Å². The standard InChI is InChI=1S/C12H21NO/c1-3-8(4-2)12(14)10-7-9-5-6-11(10)13-9/h8-11,13H,3-7H2,1-2H3. The van der Waals surface area contributed by atoms with E-state index in [4.69, 9.17) is 0 Å². The highest BCUT2D eigenvalue weighted by atomic mass is 16.1. The van der Waals surface area contributed by atoms with Crippen LogP contribution in [0.5, 0.6) is 0 Å². The summed E-state index contributed by atoms with van der Waals surface area (Å²) in [6.45, 7) is 4.26. The summed E-state index contributed by atoms with van der Waals surface area (Å²) >= 11 is 0. The van der Waals surface area contributed by atoms with Crippen LogP contribution in [0.2, 0.25) is 0 Å². The minimum atomic E-state index is 0.321. The Morgan fingerprint density at radius 1 is 1.36 bits per heavy atom. The van der Waals surface area contributed by atoms with E-state index in [0.717, 1.165) is 19.3 Å². The Morgan fingerprint density at radius 3 is 2.50 bits per heavy atom. The second kappa shape index (κ2) is 4.01. The van der Waals surface area contributed by atoms with Gasteiger partial charge in [0.2, 0.25) is 0 Å². The molecule has 0 saturated carbocycles. The predicted octanol–water partition coefficient (Wildman–Crippen LogP) is 2.13. The number of hydrogen-bond donors (Lipinski definition) is 1. The molecule has 3 atom stereocenters. The molecule has 0 aromatic carbocycles. The van der Waals surface area contributed by atoms with Gasteiger partial charge in [-0.2, -0.15) is 0 Å². The number of carbonyl (C=O) groups is 1. The van der Waals surface area contributed by atoms with Gasteiger partial charge < -0.3 is 5.32 Å². The van der Waals surface area contributed by atoms with Crippen molar-refractivity contribution in [2.45, 2.75) is 58.0 Å². The molecular weight excluding hydrogens is 174 g/mol. The third-order valence-corrected chi connectivity index (χ3v) is 4.05. The van der Waals surface area contributed by atoms with E-state index in [0.29, 0.717) is 29.7 Å². The molecule has 2 heteroatoms. The molecule has 0 amide bonds. The van der Waals surface area contributed by atoms with Crippen LogP contribution in [-0.4, -0.2) is 17.9 Å². The second-order valence-electron chi connectivity index (χ2n) is 4.81. The summed E-state index contributed by atoms with van der Waals surface area (Å²) in [4.78, 5) is 12.2. The molecule has 3 unspecified atom stereocenters. The number of carbonyl (C=O) groups excluding carboxylic acids is 1. The summed E-state index contributed by atoms with van der Waals surface area (Å²) in [5.41, 5.74) is 0. The maximum absolute atomic E-state index is 12.2. The highest BCUT2D eigenvalue weighted by molar-refractivity contribution is 5.84. The quantitative estimate of drug-likeness (QED) is 0.744. The maximum Gasteiger partial charge on any atom is 0.140 e. The normalized spacial score (nSPS) is 35.5. The molecule has 2 rings (SSSR count). The highest BCUT2D eigenvalue weighted by Gasteiger charge is 2.43. The van der Waals surface area contributed by atoms with Gasteiger partial charge in [0.15, 0.2) is 0 Å². The molecule has 1 N–H and O–H groups in total. The molecule has 2 fully saturated rings. The van der Waals surface area contributed by atoms with Gasteiger partial charge in [0.05, 0.1) is 0 Å². The first-order chi connectivity index (χ1) is 6.76. The molecule has 0 radical (unpaired) electrons. The van der Waals surface area contributed by atoms with Crippen LogP contribution in [0.4, 0.5) is 0 Å². The Kier molecular flexibility index (Phi) is 2.91. The fourth-order valence-electron chi connectivity index (χ4n) is 3.13. The van der Waals surface area contributed by atoms with Gasteiger partial charge in [-0.15, -0.1) is 0 Å². The molecule has 0 aliphatic carbocycles. The van der Waals surface area contributed by atoms with Crippen molar-refractivity contribution in [1.82, 2.24) is 5.32 Å². The third-order valence-electron chi connectivity index (χ3n) is 4.05. The van der Waals surface area contributed by atoms with Gasteiger partial charge in [0.25, 0.3) is 0 Å². The lowest BCUT2D eigenvalue weighted by molar-refractivity contribution is -0.127. The molecule has 2 nitrogen and oxygen atoms in total. The number of fused-ring (bicyclic) bond motifs is 2. The average Bonchev–Trinajstić information content (AvgIpc) is 2.80. The molecule has 2 heterocycles. The van der Waals surface area contributed by atoms with Gasteiger partial charge in [-0.05, 0) is 32.1 Å². The predicted molar refractivity (Wildman–Crippen MR) is 57.1 cm³/mol. The smallest absolute Gasteiger partial charge is 0.140 e. The monoisotopic (exact) mass is 195 g/mol. The van der Waals surface area contributed by atoms with E-state index in [1.54, 1.807) is 0 Å². The molecule has 2 saturated heterocycles. The van der Waals surface area contributed by atoms with Crippen molar-refractivity contribution >= 4 is 5.78 Å². The Bertz CT molecular complexity index is 222. The number of Topliss-reactive ketones (excluding diaryl/α,β-unsaturated/α-hetero) is 1. The molecule has 0 aromatic heterocycles. The van der Waals surface area contributed by atoms with Crippen molar-refractivity contribution in [3.05, 3.63) is 0 Å². The van der Waals surface area contributed by atoms with Crippen LogP contribution in [0.1, 0.15) is 46.0 Å². The van der Waals surface area contributed by atoms with E-state index >= 15 is 0 Å². The van der Waals surface area contributed by atoms with Crippen molar-refractivity contribution in [3.8, 4) is 0 Å². The molecule has 2 aliphatic heterocycles. The number of ketones is 1. The highest BCUT2D eigenvalue weighted by Crippen LogP contribution is 2.35. The van der Waals surface area contributed by atoms with Crippen molar-refractivity contribution in [2.75, 3.05) is 0 Å². The van der Waals surface area contributed by atoms with Gasteiger partial charge in [-0.3, -0.25) is 4.79 Å². The minimum Gasteiger partial charge on any atom is -0.310 e. The lowest BCUT2D eigenvalue weighted by atomic mass is 9.80. The minimum absolute atomic E-state index is 0.321. The summed E-state index contributed by atoms with van der Waals surface area (Å²) in [7, 11) is 0. The number of hydrogen-bond acceptors (Lipinski definition) is 2. The van der Waals surface area contributed by atoms with Gasteiger partial charge in [-0.25, -0.2) is 0 Å². The zero-order valence-electron chi connectivity index (χ0n) is 9.25. The van der Waals surface area contributed by atoms with Crippen molar-refractivity contribution in [3.63, 3.8) is 0 Å². The van der Waals surface area contributed by atoms with Crippen LogP contribution >= 0.6 is 0 Å². The zero-order chi connectivity index (χ0) is 10.1. The lowest BCUT2D eigenvalue weighted by Crippen LogP contribution is -2.32. The lowest BCUT2D eigenvalue weighted by Gasteiger charge is -2.22. The van der Waals surface area contributed by atoms with Crippen LogP contribution in [0, 0.1) is 11.8 Å². The Morgan fingerprint density at radius 2 is 2.07 bits per heavy atom. The zero-order valence-corrected chi connectivity index (χ0v) is 9.25. The average molecular weight is 195 g/mol. The number of nitrogens with one attached hydrogen (secondary N) is 1. The molecule has 0 spiro atoms. The first kappa shape index (κ1) is 10.2. The van der Waals surface area contributed by atoms with E-state index in [1.807, 2.05) is 0 Å². The first-order valence-corrected chi connectivity index (χ1v) is 6.06. The molecular formula is C12H21NO. The van der Waals surface area contributed by atoms with Crippen molar-refractivity contribution in [2.24, 2.45) is 11.8 Å². The van der Waals surface area contributed by atoms with E-state index in [2.05, 4.69) is 19.2 Å². The summed E-state index contributed by atoms with van der Waals surface area (Å²) in [5.74, 6) is 1.20. The summed E-state index contributed by atoms with van der Waals surface area (Å²) < 4.78 is 0.